The zero-order chi connectivity index (χ0) is 26.7. The van der Waals surface area contributed by atoms with Crippen LogP contribution < -0.4 is 9.62 Å². The van der Waals surface area contributed by atoms with Gasteiger partial charge >= 0.3 is 12.1 Å². The molecule has 0 aliphatic rings. The van der Waals surface area contributed by atoms with Crippen LogP contribution in [0.2, 0.25) is 0 Å². The van der Waals surface area contributed by atoms with Gasteiger partial charge in [0.2, 0.25) is 0 Å². The molecule has 0 amide bonds. The average molecular weight is 521 g/mol. The number of rotatable bonds is 9. The summed E-state index contributed by atoms with van der Waals surface area (Å²) in [6.45, 7) is 5.00. The van der Waals surface area contributed by atoms with Crippen LogP contribution in [-0.4, -0.2) is 25.5 Å². The van der Waals surface area contributed by atoms with Gasteiger partial charge in [-0.2, -0.15) is 13.2 Å². The van der Waals surface area contributed by atoms with Crippen molar-refractivity contribution >= 4 is 27.4 Å². The monoisotopic (exact) mass is 520 g/mol. The number of sulfonamides is 1. The van der Waals surface area contributed by atoms with Crippen LogP contribution >= 0.6 is 0 Å². The molecule has 3 aromatic carbocycles. The van der Waals surface area contributed by atoms with E-state index >= 15 is 0 Å². The number of halogens is 3. The summed E-state index contributed by atoms with van der Waals surface area (Å²) in [5, 5.41) is 12.6. The van der Waals surface area contributed by atoms with Crippen molar-refractivity contribution in [1.82, 2.24) is 0 Å². The molecule has 0 saturated carbocycles. The molecule has 0 aromatic heterocycles. The van der Waals surface area contributed by atoms with Gasteiger partial charge in [0, 0.05) is 6.04 Å². The summed E-state index contributed by atoms with van der Waals surface area (Å²) in [4.78, 5) is 11.8. The molecule has 0 bridgehead atoms. The first-order valence-corrected chi connectivity index (χ1v) is 12.7. The predicted molar refractivity (Wildman–Crippen MR) is 133 cm³/mol. The van der Waals surface area contributed by atoms with Crippen LogP contribution in [-0.2, 0) is 16.2 Å². The molecule has 3 aromatic rings. The molecule has 192 valence electrons. The second-order valence-electron chi connectivity index (χ2n) is 8.43. The van der Waals surface area contributed by atoms with Crippen molar-refractivity contribution in [3.8, 4) is 0 Å². The van der Waals surface area contributed by atoms with E-state index in [9.17, 15) is 31.5 Å². The molecule has 0 aliphatic heterocycles. The van der Waals surface area contributed by atoms with E-state index < -0.39 is 39.8 Å². The van der Waals surface area contributed by atoms with E-state index in [1.165, 1.54) is 18.2 Å². The van der Waals surface area contributed by atoms with Gasteiger partial charge in [-0.1, -0.05) is 43.3 Å². The fourth-order valence-corrected chi connectivity index (χ4v) is 5.70. The molecule has 0 heterocycles. The number of anilines is 2. The summed E-state index contributed by atoms with van der Waals surface area (Å²) >= 11 is 0. The Labute approximate surface area is 208 Å². The van der Waals surface area contributed by atoms with Crippen molar-refractivity contribution in [3.63, 3.8) is 0 Å². The van der Waals surface area contributed by atoms with Crippen LogP contribution in [0, 0.1) is 0 Å². The Morgan fingerprint density at radius 3 is 2.17 bits per heavy atom. The van der Waals surface area contributed by atoms with Gasteiger partial charge in [0.1, 0.15) is 0 Å². The SMILES string of the molecule is CCC(Nc1cc(C(F)(F)F)ccc1N(C(C)C)S(=O)(=O)c1ccccc1)c1ccccc1C(=O)O. The molecular weight excluding hydrogens is 493 g/mol. The Morgan fingerprint density at radius 2 is 1.61 bits per heavy atom. The number of hydrogen-bond donors (Lipinski definition) is 2. The Morgan fingerprint density at radius 1 is 1.00 bits per heavy atom. The Kier molecular flexibility index (Phi) is 7.98. The van der Waals surface area contributed by atoms with Crippen molar-refractivity contribution in [1.29, 1.82) is 0 Å². The Balaban J connectivity index is 2.21. The molecule has 3 rings (SSSR count). The smallest absolute Gasteiger partial charge is 0.416 e. The van der Waals surface area contributed by atoms with Crippen LogP contribution in [0.5, 0.6) is 0 Å². The van der Waals surface area contributed by atoms with Gasteiger partial charge in [-0.05, 0) is 62.2 Å². The Hall–Kier alpha value is -3.53. The van der Waals surface area contributed by atoms with Crippen LogP contribution in [0.3, 0.4) is 0 Å². The normalized spacial score (nSPS) is 12.9. The van der Waals surface area contributed by atoms with E-state index in [1.807, 2.05) is 0 Å². The molecule has 1 atom stereocenters. The molecule has 1 unspecified atom stereocenters. The molecule has 2 N–H and O–H groups in total. The van der Waals surface area contributed by atoms with Gasteiger partial charge < -0.3 is 10.4 Å². The molecule has 0 fully saturated rings. The number of carboxylic acids is 1. The van der Waals surface area contributed by atoms with Crippen LogP contribution in [0.4, 0.5) is 24.5 Å². The first-order valence-electron chi connectivity index (χ1n) is 11.3. The highest BCUT2D eigenvalue weighted by Crippen LogP contribution is 2.40. The maximum Gasteiger partial charge on any atom is 0.416 e. The van der Waals surface area contributed by atoms with Crippen molar-refractivity contribution in [2.45, 2.75) is 50.3 Å². The summed E-state index contributed by atoms with van der Waals surface area (Å²) in [5.41, 5.74) is -0.644. The van der Waals surface area contributed by atoms with Gasteiger partial charge in [-0.15, -0.1) is 0 Å². The van der Waals surface area contributed by atoms with Crippen molar-refractivity contribution < 1.29 is 31.5 Å². The number of nitrogens with zero attached hydrogens (tertiary/aromatic N) is 1. The van der Waals surface area contributed by atoms with Gasteiger partial charge in [0.15, 0.2) is 0 Å². The summed E-state index contributed by atoms with van der Waals surface area (Å²) in [7, 11) is -4.13. The lowest BCUT2D eigenvalue weighted by Gasteiger charge is -2.32. The number of aromatic carboxylic acids is 1. The molecule has 0 aliphatic carbocycles. The zero-order valence-electron chi connectivity index (χ0n) is 20.0. The first-order chi connectivity index (χ1) is 16.9. The van der Waals surface area contributed by atoms with E-state index in [2.05, 4.69) is 5.32 Å². The standard InChI is InChI=1S/C26H27F3N2O4S/c1-4-22(20-12-8-9-13-21(20)25(32)33)30-23-16-18(26(27,28)29)14-15-24(23)31(17(2)3)36(34,35)19-10-6-5-7-11-19/h5-17,22,30H,4H2,1-3H3,(H,32,33). The minimum absolute atomic E-state index is 0.00278. The first kappa shape index (κ1) is 27.1. The highest BCUT2D eigenvalue weighted by atomic mass is 32.2. The third-order valence-electron chi connectivity index (χ3n) is 5.63. The van der Waals surface area contributed by atoms with Crippen LogP contribution in [0.15, 0.2) is 77.7 Å². The van der Waals surface area contributed by atoms with Gasteiger partial charge in [-0.3, -0.25) is 4.31 Å². The predicted octanol–water partition coefficient (Wildman–Crippen LogP) is 6.57. The van der Waals surface area contributed by atoms with E-state index in [0.29, 0.717) is 12.0 Å². The average Bonchev–Trinajstić information content (AvgIpc) is 2.82. The topological polar surface area (TPSA) is 86.7 Å². The molecule has 0 radical (unpaired) electrons. The van der Waals surface area contributed by atoms with Crippen molar-refractivity contribution in [2.75, 3.05) is 9.62 Å². The summed E-state index contributed by atoms with van der Waals surface area (Å²) in [5.74, 6) is -1.18. The molecule has 0 spiro atoms. The fraction of sp³-hybridized carbons (Fsp3) is 0.269. The maximum atomic E-state index is 13.6. The second kappa shape index (κ2) is 10.6. The Bertz CT molecular complexity index is 1330. The lowest BCUT2D eigenvalue weighted by molar-refractivity contribution is -0.137. The largest absolute Gasteiger partial charge is 0.478 e. The quantitative estimate of drug-likeness (QED) is 0.333. The molecule has 36 heavy (non-hydrogen) atoms. The lowest BCUT2D eigenvalue weighted by atomic mass is 9.97. The number of alkyl halides is 3. The number of carboxylic acid groups (broad SMARTS) is 1. The van der Waals surface area contributed by atoms with Gasteiger partial charge in [0.05, 0.1) is 33.4 Å². The lowest BCUT2D eigenvalue weighted by Crippen LogP contribution is -2.37. The summed E-state index contributed by atoms with van der Waals surface area (Å²) < 4.78 is 69.1. The number of nitrogens with one attached hydrogen (secondary N) is 1. The van der Waals surface area contributed by atoms with E-state index in [-0.39, 0.29) is 21.8 Å². The molecule has 6 nitrogen and oxygen atoms in total. The van der Waals surface area contributed by atoms with E-state index in [4.69, 9.17) is 0 Å². The van der Waals surface area contributed by atoms with E-state index in [1.54, 1.807) is 57.2 Å². The third kappa shape index (κ3) is 5.64. The number of hydrogen-bond acceptors (Lipinski definition) is 4. The molecule has 0 saturated heterocycles. The van der Waals surface area contributed by atoms with Crippen LogP contribution in [0.25, 0.3) is 0 Å². The maximum absolute atomic E-state index is 13.6. The zero-order valence-corrected chi connectivity index (χ0v) is 20.8. The number of carbonyl (C=O) groups is 1. The summed E-state index contributed by atoms with van der Waals surface area (Å²) in [6, 6.07) is 15.3. The van der Waals surface area contributed by atoms with Gasteiger partial charge in [0.25, 0.3) is 10.0 Å². The van der Waals surface area contributed by atoms with E-state index in [0.717, 1.165) is 22.5 Å². The van der Waals surface area contributed by atoms with Gasteiger partial charge in [-0.25, -0.2) is 13.2 Å². The van der Waals surface area contributed by atoms with Crippen molar-refractivity contribution in [2.24, 2.45) is 0 Å². The molecular formula is C26H27F3N2O4S. The summed E-state index contributed by atoms with van der Waals surface area (Å²) in [6.07, 6.45) is -4.34. The fourth-order valence-electron chi connectivity index (χ4n) is 3.99. The number of benzene rings is 3. The molecule has 10 heteroatoms. The van der Waals surface area contributed by atoms with Crippen LogP contribution in [0.1, 0.15) is 54.7 Å². The minimum atomic E-state index is -4.67. The van der Waals surface area contributed by atoms with Crippen molar-refractivity contribution in [3.05, 3.63) is 89.5 Å². The highest BCUT2D eigenvalue weighted by Gasteiger charge is 2.34. The third-order valence-corrected chi connectivity index (χ3v) is 7.64. The highest BCUT2D eigenvalue weighted by molar-refractivity contribution is 7.92. The second-order valence-corrected chi connectivity index (χ2v) is 10.2. The minimum Gasteiger partial charge on any atom is -0.478 e.